The molecular weight excluding hydrogens is 421 g/mol. The first-order valence-electron chi connectivity index (χ1n) is 8.16. The van der Waals surface area contributed by atoms with Gasteiger partial charge in [0.05, 0.1) is 16.4 Å². The monoisotopic (exact) mass is 437 g/mol. The van der Waals surface area contributed by atoms with Gasteiger partial charge >= 0.3 is 0 Å². The van der Waals surface area contributed by atoms with Gasteiger partial charge in [0.2, 0.25) is 10.0 Å². The zero-order valence-corrected chi connectivity index (χ0v) is 17.4. The predicted molar refractivity (Wildman–Crippen MR) is 111 cm³/mol. The summed E-state index contributed by atoms with van der Waals surface area (Å²) in [5, 5.41) is 3.37. The van der Waals surface area contributed by atoms with Crippen molar-refractivity contribution in [2.75, 3.05) is 19.4 Å². The molecule has 3 rings (SSSR count). The van der Waals surface area contributed by atoms with E-state index in [1.165, 1.54) is 32.3 Å². The van der Waals surface area contributed by atoms with Crippen LogP contribution in [0, 0.1) is 0 Å². The number of anilines is 1. The summed E-state index contributed by atoms with van der Waals surface area (Å²) in [4.78, 5) is 12.6. The second-order valence-corrected chi connectivity index (χ2v) is 9.10. The fourth-order valence-electron chi connectivity index (χ4n) is 2.55. The van der Waals surface area contributed by atoms with Crippen molar-refractivity contribution in [1.29, 1.82) is 0 Å². The minimum Gasteiger partial charge on any atom is -0.322 e. The van der Waals surface area contributed by atoms with E-state index in [4.69, 9.17) is 23.2 Å². The average Bonchev–Trinajstić information content (AvgIpc) is 3.17. The van der Waals surface area contributed by atoms with Crippen LogP contribution in [0.1, 0.15) is 10.4 Å². The van der Waals surface area contributed by atoms with Crippen molar-refractivity contribution in [3.8, 4) is 5.69 Å². The minimum atomic E-state index is -3.79. The van der Waals surface area contributed by atoms with E-state index in [9.17, 15) is 13.2 Å². The molecule has 0 atom stereocenters. The lowest BCUT2D eigenvalue weighted by Crippen LogP contribution is -2.23. The minimum absolute atomic E-state index is 0.0461. The molecule has 0 aliphatic carbocycles. The lowest BCUT2D eigenvalue weighted by molar-refractivity contribution is 0.102. The molecular formula is C19H17Cl2N3O3S. The van der Waals surface area contributed by atoms with E-state index < -0.39 is 15.9 Å². The molecule has 6 nitrogen and oxygen atoms in total. The van der Waals surface area contributed by atoms with Crippen LogP contribution in [0.4, 0.5) is 5.69 Å². The molecule has 1 aromatic heterocycles. The lowest BCUT2D eigenvalue weighted by atomic mass is 10.2. The van der Waals surface area contributed by atoms with Crippen LogP contribution >= 0.6 is 23.2 Å². The predicted octanol–water partition coefficient (Wildman–Crippen LogP) is 4.29. The maximum absolute atomic E-state index is 12.8. The number of hydrogen-bond donors (Lipinski definition) is 1. The fraction of sp³-hybridized carbons (Fsp3) is 0.105. The number of rotatable bonds is 5. The van der Waals surface area contributed by atoms with Crippen molar-refractivity contribution in [2.45, 2.75) is 4.90 Å². The molecule has 0 fully saturated rings. The molecule has 2 aromatic carbocycles. The van der Waals surface area contributed by atoms with Crippen molar-refractivity contribution in [2.24, 2.45) is 0 Å². The summed E-state index contributed by atoms with van der Waals surface area (Å²) in [7, 11) is -0.989. The summed E-state index contributed by atoms with van der Waals surface area (Å²) >= 11 is 12.1. The van der Waals surface area contributed by atoms with E-state index in [0.717, 1.165) is 4.31 Å². The Kier molecular flexibility index (Phi) is 5.81. The maximum Gasteiger partial charge on any atom is 0.255 e. The number of carbonyl (C=O) groups is 1. The van der Waals surface area contributed by atoms with Crippen molar-refractivity contribution >= 4 is 44.8 Å². The van der Waals surface area contributed by atoms with Gasteiger partial charge in [-0.15, -0.1) is 0 Å². The Morgan fingerprint density at radius 2 is 1.71 bits per heavy atom. The lowest BCUT2D eigenvalue weighted by Gasteiger charge is -2.15. The summed E-state index contributed by atoms with van der Waals surface area (Å²) in [6.45, 7) is 0. The van der Waals surface area contributed by atoms with Gasteiger partial charge in [0.25, 0.3) is 5.91 Å². The second-order valence-electron chi connectivity index (χ2n) is 6.14. The van der Waals surface area contributed by atoms with Crippen LogP contribution < -0.4 is 5.32 Å². The third kappa shape index (κ3) is 4.07. The molecule has 0 aliphatic heterocycles. The van der Waals surface area contributed by atoms with Gasteiger partial charge in [-0.2, -0.15) is 0 Å². The van der Waals surface area contributed by atoms with E-state index in [1.807, 2.05) is 29.1 Å². The van der Waals surface area contributed by atoms with E-state index in [0.29, 0.717) is 16.4 Å². The highest BCUT2D eigenvalue weighted by atomic mass is 35.5. The molecule has 0 saturated carbocycles. The van der Waals surface area contributed by atoms with Crippen LogP contribution in [0.5, 0.6) is 0 Å². The maximum atomic E-state index is 12.8. The molecule has 0 spiro atoms. The van der Waals surface area contributed by atoms with Gasteiger partial charge < -0.3 is 9.88 Å². The largest absolute Gasteiger partial charge is 0.322 e. The normalized spacial score (nSPS) is 11.6. The molecule has 0 aliphatic rings. The Balaban J connectivity index is 1.97. The quantitative estimate of drug-likeness (QED) is 0.646. The van der Waals surface area contributed by atoms with Crippen LogP contribution in [0.3, 0.4) is 0 Å². The van der Waals surface area contributed by atoms with E-state index in [-0.39, 0.29) is 15.5 Å². The first-order chi connectivity index (χ1) is 13.2. The van der Waals surface area contributed by atoms with Crippen molar-refractivity contribution in [3.63, 3.8) is 0 Å². The Bertz CT molecular complexity index is 1130. The number of halogens is 2. The number of benzene rings is 2. The first kappa shape index (κ1) is 20.4. The highest BCUT2D eigenvalue weighted by Crippen LogP contribution is 2.27. The van der Waals surface area contributed by atoms with E-state index in [1.54, 1.807) is 18.2 Å². The van der Waals surface area contributed by atoms with Gasteiger partial charge in [0.15, 0.2) is 0 Å². The Morgan fingerprint density at radius 1 is 1.04 bits per heavy atom. The number of sulfonamides is 1. The smallest absolute Gasteiger partial charge is 0.255 e. The van der Waals surface area contributed by atoms with Crippen molar-refractivity contribution in [1.82, 2.24) is 8.87 Å². The van der Waals surface area contributed by atoms with Crippen LogP contribution in [-0.2, 0) is 10.0 Å². The summed E-state index contributed by atoms with van der Waals surface area (Å²) in [6, 6.07) is 12.9. The van der Waals surface area contributed by atoms with Gasteiger partial charge in [0, 0.05) is 37.1 Å². The highest BCUT2D eigenvalue weighted by molar-refractivity contribution is 7.89. The number of nitrogens with zero attached hydrogens (tertiary/aromatic N) is 2. The van der Waals surface area contributed by atoms with Crippen LogP contribution in [0.25, 0.3) is 5.69 Å². The summed E-state index contributed by atoms with van der Waals surface area (Å²) in [5.74, 6) is -0.470. The molecule has 0 saturated heterocycles. The molecule has 0 radical (unpaired) electrons. The SMILES string of the molecule is CN(C)S(=O)(=O)c1cc(C(=O)Nc2ccc(Cl)cc2-n2cccc2)ccc1Cl. The van der Waals surface area contributed by atoms with Crippen LogP contribution in [-0.4, -0.2) is 37.3 Å². The standard InChI is InChI=1S/C19H17Cl2N3O3S/c1-23(2)28(26,27)18-11-13(5-7-15(18)21)19(25)22-16-8-6-14(20)12-17(16)24-9-3-4-10-24/h3-12H,1-2H3,(H,22,25). The average molecular weight is 438 g/mol. The third-order valence-electron chi connectivity index (χ3n) is 4.04. The summed E-state index contributed by atoms with van der Waals surface area (Å²) < 4.78 is 27.7. The molecule has 1 N–H and O–H groups in total. The van der Waals surface area contributed by atoms with Gasteiger partial charge in [0.1, 0.15) is 4.90 Å². The Labute approximate surface area is 173 Å². The van der Waals surface area contributed by atoms with E-state index >= 15 is 0 Å². The molecule has 1 amide bonds. The van der Waals surface area contributed by atoms with Crippen LogP contribution in [0.2, 0.25) is 10.0 Å². The Morgan fingerprint density at radius 3 is 2.36 bits per heavy atom. The highest BCUT2D eigenvalue weighted by Gasteiger charge is 2.22. The van der Waals surface area contributed by atoms with E-state index in [2.05, 4.69) is 5.32 Å². The topological polar surface area (TPSA) is 71.4 Å². The Hall–Kier alpha value is -2.32. The first-order valence-corrected chi connectivity index (χ1v) is 10.4. The molecule has 0 unspecified atom stereocenters. The van der Waals surface area contributed by atoms with Gasteiger partial charge in [-0.3, -0.25) is 4.79 Å². The number of amides is 1. The van der Waals surface area contributed by atoms with Crippen molar-refractivity contribution < 1.29 is 13.2 Å². The van der Waals surface area contributed by atoms with Crippen LogP contribution in [0.15, 0.2) is 65.8 Å². The third-order valence-corrected chi connectivity index (χ3v) is 6.57. The molecule has 146 valence electrons. The molecule has 1 heterocycles. The fourth-order valence-corrected chi connectivity index (χ4v) is 4.11. The number of aromatic nitrogens is 1. The van der Waals surface area contributed by atoms with Crippen molar-refractivity contribution in [3.05, 3.63) is 76.5 Å². The zero-order valence-electron chi connectivity index (χ0n) is 15.1. The number of nitrogens with one attached hydrogen (secondary N) is 1. The zero-order chi connectivity index (χ0) is 20.5. The second kappa shape index (κ2) is 7.97. The number of carbonyl (C=O) groups excluding carboxylic acids is 1. The molecule has 9 heteroatoms. The number of hydrogen-bond acceptors (Lipinski definition) is 3. The summed E-state index contributed by atoms with van der Waals surface area (Å²) in [5.41, 5.74) is 1.37. The molecule has 3 aromatic rings. The van der Waals surface area contributed by atoms with Gasteiger partial charge in [-0.25, -0.2) is 12.7 Å². The molecule has 0 bridgehead atoms. The van der Waals surface area contributed by atoms with Gasteiger partial charge in [-0.05, 0) is 48.5 Å². The summed E-state index contributed by atoms with van der Waals surface area (Å²) in [6.07, 6.45) is 3.65. The van der Waals surface area contributed by atoms with Gasteiger partial charge in [-0.1, -0.05) is 23.2 Å². The molecule has 28 heavy (non-hydrogen) atoms.